The summed E-state index contributed by atoms with van der Waals surface area (Å²) in [5.74, 6) is -1.64. The summed E-state index contributed by atoms with van der Waals surface area (Å²) >= 11 is 0. The lowest BCUT2D eigenvalue weighted by Gasteiger charge is -2.29. The van der Waals surface area contributed by atoms with Gasteiger partial charge in [0.1, 0.15) is 0 Å². The molecule has 1 aliphatic carbocycles. The molecule has 1 aromatic rings. The van der Waals surface area contributed by atoms with Crippen molar-refractivity contribution in [3.8, 4) is 0 Å². The quantitative estimate of drug-likeness (QED) is 0.825. The molecular weight excluding hydrogens is 332 g/mol. The number of nitrogens with one attached hydrogen (secondary N) is 1. The van der Waals surface area contributed by atoms with Crippen molar-refractivity contribution in [1.29, 1.82) is 0 Å². The second-order valence-corrected chi connectivity index (χ2v) is 8.23. The lowest BCUT2D eigenvalue weighted by atomic mass is 9.99. The highest BCUT2D eigenvalue weighted by molar-refractivity contribution is 7.89. The molecule has 2 aliphatic rings. The molecule has 7 nitrogen and oxygen atoms in total. The molecule has 1 aliphatic heterocycles. The van der Waals surface area contributed by atoms with Gasteiger partial charge in [0, 0.05) is 24.7 Å². The summed E-state index contributed by atoms with van der Waals surface area (Å²) in [6.07, 6.45) is 2.53. The summed E-state index contributed by atoms with van der Waals surface area (Å²) in [6, 6.07) is 6.20. The van der Waals surface area contributed by atoms with Crippen LogP contribution in [0.15, 0.2) is 29.2 Å². The first-order chi connectivity index (χ1) is 11.4. The van der Waals surface area contributed by atoms with E-state index in [2.05, 4.69) is 5.32 Å². The van der Waals surface area contributed by atoms with Gasteiger partial charge < -0.3 is 10.4 Å². The smallest absolute Gasteiger partial charge is 0.306 e. The number of carbonyl (C=O) groups is 2. The average molecular weight is 352 g/mol. The molecular formula is C16H20N2O5S. The van der Waals surface area contributed by atoms with Gasteiger partial charge in [0.15, 0.2) is 0 Å². The molecule has 0 bridgehead atoms. The Labute approximate surface area is 140 Å². The van der Waals surface area contributed by atoms with Crippen LogP contribution in [-0.4, -0.2) is 48.8 Å². The first-order valence-electron chi connectivity index (χ1n) is 8.02. The summed E-state index contributed by atoms with van der Waals surface area (Å²) < 4.78 is 26.7. The van der Waals surface area contributed by atoms with Crippen molar-refractivity contribution in [3.05, 3.63) is 29.8 Å². The van der Waals surface area contributed by atoms with Gasteiger partial charge >= 0.3 is 5.97 Å². The largest absolute Gasteiger partial charge is 0.481 e. The third kappa shape index (κ3) is 3.59. The number of rotatable bonds is 5. The highest BCUT2D eigenvalue weighted by atomic mass is 32.2. The molecule has 0 atom stereocenters. The van der Waals surface area contributed by atoms with Crippen LogP contribution in [0.4, 0.5) is 0 Å². The van der Waals surface area contributed by atoms with Gasteiger partial charge in [0.05, 0.1) is 10.8 Å². The summed E-state index contributed by atoms with van der Waals surface area (Å²) in [6.45, 7) is 0.357. The van der Waals surface area contributed by atoms with Gasteiger partial charge in [0.2, 0.25) is 10.0 Å². The Bertz CT molecular complexity index is 749. The van der Waals surface area contributed by atoms with Gasteiger partial charge in [-0.15, -0.1) is 0 Å². The van der Waals surface area contributed by atoms with Crippen molar-refractivity contribution in [3.63, 3.8) is 0 Å². The highest BCUT2D eigenvalue weighted by Crippen LogP contribution is 2.25. The number of hydrogen-bond acceptors (Lipinski definition) is 4. The van der Waals surface area contributed by atoms with E-state index in [9.17, 15) is 18.0 Å². The third-order valence-corrected chi connectivity index (χ3v) is 6.34. The fraction of sp³-hybridized carbons (Fsp3) is 0.500. The number of amides is 1. The number of nitrogens with zero attached hydrogens (tertiary/aromatic N) is 1. The molecule has 24 heavy (non-hydrogen) atoms. The molecule has 1 amide bonds. The zero-order valence-corrected chi connectivity index (χ0v) is 14.0. The number of carboxylic acid groups (broad SMARTS) is 1. The van der Waals surface area contributed by atoms with Crippen molar-refractivity contribution in [2.75, 3.05) is 13.1 Å². The van der Waals surface area contributed by atoms with Crippen LogP contribution in [0.2, 0.25) is 0 Å². The normalized spacial score (nSPS) is 19.8. The first kappa shape index (κ1) is 16.9. The van der Waals surface area contributed by atoms with Crippen LogP contribution < -0.4 is 5.32 Å². The van der Waals surface area contributed by atoms with Gasteiger partial charge in [-0.3, -0.25) is 9.59 Å². The van der Waals surface area contributed by atoms with Crippen LogP contribution in [0, 0.1) is 5.92 Å². The second kappa shape index (κ2) is 6.52. The maximum atomic E-state index is 12.7. The molecule has 8 heteroatoms. The van der Waals surface area contributed by atoms with Crippen LogP contribution >= 0.6 is 0 Å². The van der Waals surface area contributed by atoms with Crippen LogP contribution in [0.25, 0.3) is 0 Å². The van der Waals surface area contributed by atoms with Gasteiger partial charge in [-0.2, -0.15) is 4.31 Å². The number of carbonyl (C=O) groups excluding carboxylic acids is 1. The summed E-state index contributed by atoms with van der Waals surface area (Å²) in [4.78, 5) is 23.1. The lowest BCUT2D eigenvalue weighted by Crippen LogP contribution is -2.40. The van der Waals surface area contributed by atoms with Gasteiger partial charge in [-0.05, 0) is 43.9 Å². The molecule has 130 valence electrons. The minimum atomic E-state index is -3.72. The van der Waals surface area contributed by atoms with E-state index in [4.69, 9.17) is 5.11 Å². The zero-order valence-electron chi connectivity index (χ0n) is 13.1. The predicted molar refractivity (Wildman–Crippen MR) is 86.0 cm³/mol. The molecule has 1 aromatic carbocycles. The predicted octanol–water partition coefficient (Wildman–Crippen LogP) is 1.06. The molecule has 1 saturated heterocycles. The lowest BCUT2D eigenvalue weighted by molar-refractivity contribution is -0.142. The minimum absolute atomic E-state index is 0.0692. The van der Waals surface area contributed by atoms with Crippen molar-refractivity contribution in [1.82, 2.24) is 9.62 Å². The van der Waals surface area contributed by atoms with Crippen LogP contribution in [-0.2, 0) is 14.8 Å². The molecule has 2 fully saturated rings. The van der Waals surface area contributed by atoms with Crippen LogP contribution in [0.1, 0.15) is 36.0 Å². The highest BCUT2D eigenvalue weighted by Gasteiger charge is 2.32. The number of aliphatic carboxylic acids is 1. The molecule has 0 radical (unpaired) electrons. The molecule has 3 rings (SSSR count). The molecule has 1 saturated carbocycles. The first-order valence-corrected chi connectivity index (χ1v) is 9.46. The van der Waals surface area contributed by atoms with Gasteiger partial charge in [-0.1, -0.05) is 6.07 Å². The maximum absolute atomic E-state index is 12.7. The fourth-order valence-corrected chi connectivity index (χ4v) is 4.30. The standard InChI is InChI=1S/C16H20N2O5S/c19-15(17-13-4-5-13)12-2-1-3-14(10-12)24(22,23)18-8-6-11(7-9-18)16(20)21/h1-3,10-11,13H,4-9H2,(H,17,19)(H,20,21). The topological polar surface area (TPSA) is 104 Å². The van der Waals surface area contributed by atoms with E-state index >= 15 is 0 Å². The number of piperidine rings is 1. The Kier molecular flexibility index (Phi) is 4.60. The van der Waals surface area contributed by atoms with E-state index < -0.39 is 21.9 Å². The maximum Gasteiger partial charge on any atom is 0.306 e. The van der Waals surface area contributed by atoms with Crippen LogP contribution in [0.3, 0.4) is 0 Å². The van der Waals surface area contributed by atoms with Crippen molar-refractivity contribution >= 4 is 21.9 Å². The monoisotopic (exact) mass is 352 g/mol. The molecule has 2 N–H and O–H groups in total. The van der Waals surface area contributed by atoms with E-state index in [0.717, 1.165) is 12.8 Å². The van der Waals surface area contributed by atoms with E-state index in [1.807, 2.05) is 0 Å². The molecule has 1 heterocycles. The Morgan fingerprint density at radius 2 is 1.79 bits per heavy atom. The summed E-state index contributed by atoms with van der Waals surface area (Å²) in [5, 5.41) is 11.8. The Balaban J connectivity index is 1.75. The molecule has 0 spiro atoms. The number of benzene rings is 1. The molecule has 0 unspecified atom stereocenters. The van der Waals surface area contributed by atoms with Crippen molar-refractivity contribution in [2.45, 2.75) is 36.6 Å². The third-order valence-electron chi connectivity index (χ3n) is 4.45. The zero-order chi connectivity index (χ0) is 17.3. The SMILES string of the molecule is O=C(NC1CC1)c1cccc(S(=O)(=O)N2CCC(C(=O)O)CC2)c1. The Hall–Kier alpha value is -1.93. The summed E-state index contributed by atoms with van der Waals surface area (Å²) in [7, 11) is -3.72. The number of hydrogen-bond donors (Lipinski definition) is 2. The fourth-order valence-electron chi connectivity index (χ4n) is 2.79. The average Bonchev–Trinajstić information content (AvgIpc) is 3.39. The van der Waals surface area contributed by atoms with E-state index in [1.165, 1.54) is 16.4 Å². The Morgan fingerprint density at radius 3 is 2.38 bits per heavy atom. The van der Waals surface area contributed by atoms with Crippen LogP contribution in [0.5, 0.6) is 0 Å². The van der Waals surface area contributed by atoms with Gasteiger partial charge in [0.25, 0.3) is 5.91 Å². The van der Waals surface area contributed by atoms with E-state index in [1.54, 1.807) is 12.1 Å². The van der Waals surface area contributed by atoms with Crippen molar-refractivity contribution in [2.24, 2.45) is 5.92 Å². The molecule has 0 aromatic heterocycles. The van der Waals surface area contributed by atoms with E-state index in [0.29, 0.717) is 18.4 Å². The van der Waals surface area contributed by atoms with Crippen molar-refractivity contribution < 1.29 is 23.1 Å². The van der Waals surface area contributed by atoms with E-state index in [-0.39, 0.29) is 29.9 Å². The second-order valence-electron chi connectivity index (χ2n) is 6.29. The van der Waals surface area contributed by atoms with Gasteiger partial charge in [-0.25, -0.2) is 8.42 Å². The number of carboxylic acids is 1. The summed E-state index contributed by atoms with van der Waals surface area (Å²) in [5.41, 5.74) is 0.323. The Morgan fingerprint density at radius 1 is 1.12 bits per heavy atom. The number of sulfonamides is 1. The minimum Gasteiger partial charge on any atom is -0.481 e.